The average Bonchev–Trinajstić information content (AvgIpc) is 2.31. The van der Waals surface area contributed by atoms with E-state index in [1.807, 2.05) is 38.1 Å². The zero-order chi connectivity index (χ0) is 13.3. The first-order valence-electron chi connectivity index (χ1n) is 5.47. The van der Waals surface area contributed by atoms with E-state index in [0.717, 1.165) is 16.7 Å². The number of benzene rings is 1. The van der Waals surface area contributed by atoms with Crippen LogP contribution in [0.25, 0.3) is 11.1 Å². The lowest BCUT2D eigenvalue weighted by Crippen LogP contribution is -2.06. The highest BCUT2D eigenvalue weighted by Crippen LogP contribution is 2.29. The molecule has 0 saturated carbocycles. The summed E-state index contributed by atoms with van der Waals surface area (Å²) in [6.45, 7) is 3.83. The maximum absolute atomic E-state index is 11.4. The molecule has 90 valence electrons. The Bertz CT molecular complexity index is 709. The van der Waals surface area contributed by atoms with E-state index in [9.17, 15) is 9.90 Å². The molecule has 2 rings (SSSR count). The second-order valence-electron chi connectivity index (χ2n) is 4.20. The van der Waals surface area contributed by atoms with Crippen LogP contribution >= 0.6 is 0 Å². The summed E-state index contributed by atoms with van der Waals surface area (Å²) in [4.78, 5) is 13.6. The van der Waals surface area contributed by atoms with Gasteiger partial charge in [0.15, 0.2) is 0 Å². The van der Waals surface area contributed by atoms with Gasteiger partial charge in [-0.3, -0.25) is 9.78 Å². The van der Waals surface area contributed by atoms with Gasteiger partial charge in [0.2, 0.25) is 5.88 Å². The Morgan fingerprint density at radius 2 is 1.94 bits per heavy atom. The van der Waals surface area contributed by atoms with Crippen LogP contribution in [-0.2, 0) is 0 Å². The Kier molecular flexibility index (Phi) is 2.90. The Labute approximate surface area is 104 Å². The third-order valence-electron chi connectivity index (χ3n) is 2.82. The molecule has 0 atom stereocenters. The number of aryl methyl sites for hydroxylation is 2. The van der Waals surface area contributed by atoms with Crippen molar-refractivity contribution in [2.45, 2.75) is 13.8 Å². The van der Waals surface area contributed by atoms with E-state index in [0.29, 0.717) is 5.56 Å². The first kappa shape index (κ1) is 11.9. The summed E-state index contributed by atoms with van der Waals surface area (Å²) in [5.74, 6) is -0.388. The molecule has 1 heterocycles. The standard InChI is InChI=1S/C14H12N2O2/c1-8-3-4-9(2)10(5-8)11-6-13(17)16-14(18)12(11)7-15/h3-6H,1-2H3,(H2,16,17,18). The summed E-state index contributed by atoms with van der Waals surface area (Å²) < 4.78 is 0. The molecule has 0 aliphatic rings. The number of nitriles is 1. The predicted octanol–water partition coefficient (Wildman–Crippen LogP) is 2.24. The number of aromatic hydroxyl groups is 1. The Balaban J connectivity index is 2.83. The first-order valence-corrected chi connectivity index (χ1v) is 5.47. The highest BCUT2D eigenvalue weighted by atomic mass is 16.3. The quantitative estimate of drug-likeness (QED) is 0.802. The van der Waals surface area contributed by atoms with Crippen molar-refractivity contribution in [3.8, 4) is 23.1 Å². The fraction of sp³-hybridized carbons (Fsp3) is 0.143. The lowest BCUT2D eigenvalue weighted by atomic mass is 9.96. The Hall–Kier alpha value is -2.54. The van der Waals surface area contributed by atoms with E-state index < -0.39 is 5.56 Å². The van der Waals surface area contributed by atoms with Crippen LogP contribution in [0, 0.1) is 25.2 Å². The molecule has 0 unspecified atom stereocenters. The summed E-state index contributed by atoms with van der Waals surface area (Å²) in [7, 11) is 0. The van der Waals surface area contributed by atoms with Gasteiger partial charge in [0, 0.05) is 11.6 Å². The van der Waals surface area contributed by atoms with Crippen molar-refractivity contribution in [2.75, 3.05) is 0 Å². The van der Waals surface area contributed by atoms with E-state index in [1.54, 1.807) is 0 Å². The van der Waals surface area contributed by atoms with Gasteiger partial charge in [0.25, 0.3) is 5.56 Å². The topological polar surface area (TPSA) is 76.9 Å². The van der Waals surface area contributed by atoms with Gasteiger partial charge in [-0.15, -0.1) is 0 Å². The molecular formula is C14H12N2O2. The maximum Gasteiger partial charge on any atom is 0.251 e. The maximum atomic E-state index is 11.4. The molecule has 0 aliphatic heterocycles. The average molecular weight is 240 g/mol. The normalized spacial score (nSPS) is 10.1. The molecule has 0 amide bonds. The number of aromatic amines is 1. The number of aromatic nitrogens is 1. The lowest BCUT2D eigenvalue weighted by Gasteiger charge is -2.09. The molecule has 1 aromatic carbocycles. The van der Waals surface area contributed by atoms with Gasteiger partial charge in [0.1, 0.15) is 11.6 Å². The minimum atomic E-state index is -0.428. The van der Waals surface area contributed by atoms with E-state index in [1.165, 1.54) is 6.07 Å². The molecule has 4 heteroatoms. The first-order chi connectivity index (χ1) is 8.52. The molecule has 2 N–H and O–H groups in total. The van der Waals surface area contributed by atoms with Crippen LogP contribution in [0.1, 0.15) is 16.7 Å². The van der Waals surface area contributed by atoms with Gasteiger partial charge in [-0.2, -0.15) is 5.26 Å². The minimum Gasteiger partial charge on any atom is -0.494 e. The van der Waals surface area contributed by atoms with E-state index in [-0.39, 0.29) is 11.4 Å². The highest BCUT2D eigenvalue weighted by Gasteiger charge is 2.13. The van der Waals surface area contributed by atoms with Crippen LogP contribution in [0.3, 0.4) is 0 Å². The fourth-order valence-corrected chi connectivity index (χ4v) is 1.90. The second-order valence-corrected chi connectivity index (χ2v) is 4.20. The summed E-state index contributed by atoms with van der Waals surface area (Å²) in [5, 5.41) is 18.7. The summed E-state index contributed by atoms with van der Waals surface area (Å²) >= 11 is 0. The van der Waals surface area contributed by atoms with Gasteiger partial charge in [-0.1, -0.05) is 23.8 Å². The third-order valence-corrected chi connectivity index (χ3v) is 2.82. The summed E-state index contributed by atoms with van der Waals surface area (Å²) in [5.41, 5.74) is 2.87. The number of rotatable bonds is 1. The van der Waals surface area contributed by atoms with Crippen molar-refractivity contribution in [1.29, 1.82) is 5.26 Å². The van der Waals surface area contributed by atoms with Gasteiger partial charge in [-0.25, -0.2) is 0 Å². The fourth-order valence-electron chi connectivity index (χ4n) is 1.90. The van der Waals surface area contributed by atoms with Crippen molar-refractivity contribution in [3.63, 3.8) is 0 Å². The molecule has 0 bridgehead atoms. The van der Waals surface area contributed by atoms with Crippen molar-refractivity contribution in [2.24, 2.45) is 0 Å². The molecule has 0 aliphatic carbocycles. The number of hydrogen-bond acceptors (Lipinski definition) is 3. The van der Waals surface area contributed by atoms with Crippen LogP contribution in [0.2, 0.25) is 0 Å². The largest absolute Gasteiger partial charge is 0.494 e. The highest BCUT2D eigenvalue weighted by molar-refractivity contribution is 5.75. The van der Waals surface area contributed by atoms with E-state index in [2.05, 4.69) is 4.98 Å². The number of hydrogen-bond donors (Lipinski definition) is 2. The number of nitrogens with one attached hydrogen (secondary N) is 1. The van der Waals surface area contributed by atoms with Crippen molar-refractivity contribution in [1.82, 2.24) is 4.98 Å². The predicted molar refractivity (Wildman–Crippen MR) is 68.4 cm³/mol. The second kappa shape index (κ2) is 4.38. The van der Waals surface area contributed by atoms with Crippen molar-refractivity contribution in [3.05, 3.63) is 51.3 Å². The summed E-state index contributed by atoms with van der Waals surface area (Å²) in [6.07, 6.45) is 0. The van der Waals surface area contributed by atoms with Crippen LogP contribution in [-0.4, -0.2) is 10.1 Å². The number of pyridine rings is 1. The minimum absolute atomic E-state index is 0.0864. The summed E-state index contributed by atoms with van der Waals surface area (Å²) in [6, 6.07) is 9.02. The zero-order valence-corrected chi connectivity index (χ0v) is 10.1. The molecule has 1 aromatic heterocycles. The smallest absolute Gasteiger partial charge is 0.251 e. The van der Waals surface area contributed by atoms with Crippen LogP contribution in [0.4, 0.5) is 0 Å². The van der Waals surface area contributed by atoms with E-state index >= 15 is 0 Å². The van der Waals surface area contributed by atoms with Gasteiger partial charge in [-0.05, 0) is 25.0 Å². The zero-order valence-electron chi connectivity index (χ0n) is 10.1. The van der Waals surface area contributed by atoms with E-state index in [4.69, 9.17) is 5.26 Å². The molecule has 4 nitrogen and oxygen atoms in total. The molecular weight excluding hydrogens is 228 g/mol. The number of H-pyrrole nitrogens is 1. The third kappa shape index (κ3) is 1.98. The molecule has 0 radical (unpaired) electrons. The van der Waals surface area contributed by atoms with Crippen molar-refractivity contribution < 1.29 is 5.11 Å². The Morgan fingerprint density at radius 3 is 2.61 bits per heavy atom. The Morgan fingerprint density at radius 1 is 1.22 bits per heavy atom. The van der Waals surface area contributed by atoms with Gasteiger partial charge < -0.3 is 5.11 Å². The van der Waals surface area contributed by atoms with Crippen molar-refractivity contribution >= 4 is 0 Å². The monoisotopic (exact) mass is 240 g/mol. The van der Waals surface area contributed by atoms with Gasteiger partial charge >= 0.3 is 0 Å². The molecule has 18 heavy (non-hydrogen) atoms. The molecule has 0 saturated heterocycles. The lowest BCUT2D eigenvalue weighted by molar-refractivity contribution is 0.450. The van der Waals surface area contributed by atoms with Crippen LogP contribution < -0.4 is 5.56 Å². The van der Waals surface area contributed by atoms with Gasteiger partial charge in [0.05, 0.1) is 0 Å². The van der Waals surface area contributed by atoms with Crippen LogP contribution in [0.15, 0.2) is 29.1 Å². The van der Waals surface area contributed by atoms with Crippen LogP contribution in [0.5, 0.6) is 5.88 Å². The molecule has 2 aromatic rings. The molecule has 0 fully saturated rings. The SMILES string of the molecule is Cc1ccc(C)c(-c2cc(=O)[nH]c(O)c2C#N)c1. The molecule has 0 spiro atoms. The number of nitrogens with zero attached hydrogens (tertiary/aromatic N) is 1.